The molecular formula is C24H32N4O3S. The van der Waals surface area contributed by atoms with Crippen LogP contribution in [0.4, 0.5) is 11.4 Å². The third-order valence-corrected chi connectivity index (χ3v) is 7.84. The molecule has 7 nitrogen and oxygen atoms in total. The molecule has 1 atom stereocenters. The number of piperidine rings is 1. The zero-order valence-corrected chi connectivity index (χ0v) is 19.6. The highest BCUT2D eigenvalue weighted by Gasteiger charge is 2.26. The molecule has 0 saturated carbocycles. The van der Waals surface area contributed by atoms with Crippen LogP contribution in [-0.2, 0) is 21.2 Å². The largest absolute Gasteiger partial charge is 0.374 e. The molecule has 0 aliphatic carbocycles. The SMILES string of the molecule is CC(=O)Nc1ccc(S(=O)(=O)NCC(c2ccc3c(c2)CCN3C)N2CCCCC2)cc1. The van der Waals surface area contributed by atoms with Gasteiger partial charge in [0.15, 0.2) is 0 Å². The van der Waals surface area contributed by atoms with E-state index in [0.29, 0.717) is 12.2 Å². The summed E-state index contributed by atoms with van der Waals surface area (Å²) in [4.78, 5) is 16.1. The predicted octanol–water partition coefficient (Wildman–Crippen LogP) is 3.14. The minimum atomic E-state index is -3.67. The van der Waals surface area contributed by atoms with E-state index in [4.69, 9.17) is 0 Å². The monoisotopic (exact) mass is 456 g/mol. The van der Waals surface area contributed by atoms with Crippen molar-refractivity contribution < 1.29 is 13.2 Å². The molecular weight excluding hydrogens is 424 g/mol. The zero-order chi connectivity index (χ0) is 22.7. The fraction of sp³-hybridized carbons (Fsp3) is 0.458. The average Bonchev–Trinajstić information content (AvgIpc) is 3.15. The van der Waals surface area contributed by atoms with E-state index < -0.39 is 10.0 Å². The number of rotatable bonds is 7. The summed E-state index contributed by atoms with van der Waals surface area (Å²) in [5, 5.41) is 2.66. The lowest BCUT2D eigenvalue weighted by atomic mass is 9.99. The Bertz CT molecular complexity index is 1060. The summed E-state index contributed by atoms with van der Waals surface area (Å²) < 4.78 is 28.8. The molecule has 4 rings (SSSR count). The molecule has 2 aliphatic rings. The molecule has 2 aromatic rings. The van der Waals surface area contributed by atoms with Crippen LogP contribution in [0.15, 0.2) is 47.4 Å². The smallest absolute Gasteiger partial charge is 0.240 e. The minimum Gasteiger partial charge on any atom is -0.374 e. The van der Waals surface area contributed by atoms with Gasteiger partial charge in [-0.25, -0.2) is 13.1 Å². The van der Waals surface area contributed by atoms with Crippen molar-refractivity contribution in [3.63, 3.8) is 0 Å². The predicted molar refractivity (Wildman–Crippen MR) is 128 cm³/mol. The van der Waals surface area contributed by atoms with E-state index in [1.54, 1.807) is 12.1 Å². The van der Waals surface area contributed by atoms with Crippen LogP contribution in [0.3, 0.4) is 0 Å². The van der Waals surface area contributed by atoms with Crippen LogP contribution in [0, 0.1) is 0 Å². The van der Waals surface area contributed by atoms with Crippen molar-refractivity contribution in [1.29, 1.82) is 0 Å². The molecule has 0 radical (unpaired) electrons. The third kappa shape index (κ3) is 5.14. The summed E-state index contributed by atoms with van der Waals surface area (Å²) in [5.74, 6) is -0.191. The Hall–Kier alpha value is -2.42. The number of anilines is 2. The average molecular weight is 457 g/mol. The second kappa shape index (κ2) is 9.60. The van der Waals surface area contributed by atoms with E-state index in [2.05, 4.69) is 45.1 Å². The Labute approximate surface area is 190 Å². The van der Waals surface area contributed by atoms with Gasteiger partial charge in [-0.1, -0.05) is 18.6 Å². The number of hydrogen-bond acceptors (Lipinski definition) is 5. The van der Waals surface area contributed by atoms with E-state index in [9.17, 15) is 13.2 Å². The molecule has 172 valence electrons. The standard InChI is InChI=1S/C24H32N4O3S/c1-18(29)26-21-7-9-22(10-8-21)32(30,31)25-17-24(28-13-4-3-5-14-28)19-6-11-23-20(16-19)12-15-27(23)2/h6-11,16,24-25H,3-5,12-15,17H2,1-2H3,(H,26,29). The van der Waals surface area contributed by atoms with Gasteiger partial charge in [0.05, 0.1) is 4.90 Å². The van der Waals surface area contributed by atoms with E-state index in [-0.39, 0.29) is 16.8 Å². The molecule has 0 bridgehead atoms. The Morgan fingerprint density at radius 2 is 1.75 bits per heavy atom. The van der Waals surface area contributed by atoms with Crippen molar-refractivity contribution in [3.05, 3.63) is 53.6 Å². The lowest BCUT2D eigenvalue weighted by Crippen LogP contribution is -2.40. The Morgan fingerprint density at radius 3 is 2.44 bits per heavy atom. The van der Waals surface area contributed by atoms with Crippen LogP contribution in [0.2, 0.25) is 0 Å². The number of amides is 1. The number of benzene rings is 2. The van der Waals surface area contributed by atoms with Gasteiger partial charge in [0.2, 0.25) is 15.9 Å². The first-order valence-corrected chi connectivity index (χ1v) is 12.8. The third-order valence-electron chi connectivity index (χ3n) is 6.40. The first-order valence-electron chi connectivity index (χ1n) is 11.3. The normalized spacial score (nSPS) is 17.8. The number of nitrogens with zero attached hydrogens (tertiary/aromatic N) is 2. The molecule has 1 unspecified atom stereocenters. The highest BCUT2D eigenvalue weighted by atomic mass is 32.2. The van der Waals surface area contributed by atoms with Gasteiger partial charge in [-0.2, -0.15) is 0 Å². The Balaban J connectivity index is 1.53. The first kappa shape index (κ1) is 22.8. The Morgan fingerprint density at radius 1 is 1.03 bits per heavy atom. The van der Waals surface area contributed by atoms with Crippen molar-refractivity contribution >= 4 is 27.3 Å². The molecule has 2 N–H and O–H groups in total. The molecule has 1 fully saturated rings. The van der Waals surface area contributed by atoms with Crippen molar-refractivity contribution in [2.24, 2.45) is 0 Å². The highest BCUT2D eigenvalue weighted by molar-refractivity contribution is 7.89. The van der Waals surface area contributed by atoms with Gasteiger partial charge in [-0.15, -0.1) is 0 Å². The lowest BCUT2D eigenvalue weighted by molar-refractivity contribution is -0.114. The molecule has 0 spiro atoms. The number of fused-ring (bicyclic) bond motifs is 1. The van der Waals surface area contributed by atoms with E-state index >= 15 is 0 Å². The summed E-state index contributed by atoms with van der Waals surface area (Å²) in [6.07, 6.45) is 4.53. The van der Waals surface area contributed by atoms with Gasteiger partial charge in [0.1, 0.15) is 0 Å². The molecule has 0 aromatic heterocycles. The summed E-state index contributed by atoms with van der Waals surface area (Å²) in [7, 11) is -1.56. The first-order chi connectivity index (χ1) is 15.3. The van der Waals surface area contributed by atoms with Crippen molar-refractivity contribution in [1.82, 2.24) is 9.62 Å². The highest BCUT2D eigenvalue weighted by Crippen LogP contribution is 2.32. The summed E-state index contributed by atoms with van der Waals surface area (Å²) in [5.41, 5.74) is 4.35. The molecule has 2 heterocycles. The fourth-order valence-electron chi connectivity index (χ4n) is 4.67. The molecule has 1 amide bonds. The van der Waals surface area contributed by atoms with Crippen molar-refractivity contribution in [3.8, 4) is 0 Å². The lowest BCUT2D eigenvalue weighted by Gasteiger charge is -2.35. The number of sulfonamides is 1. The number of likely N-dealkylation sites (N-methyl/N-ethyl adjacent to an activating group) is 1. The second-order valence-corrected chi connectivity index (χ2v) is 10.5. The van der Waals surface area contributed by atoms with Crippen molar-refractivity contribution in [2.45, 2.75) is 43.5 Å². The maximum Gasteiger partial charge on any atom is 0.240 e. The summed E-state index contributed by atoms with van der Waals surface area (Å²) >= 11 is 0. The number of nitrogens with one attached hydrogen (secondary N) is 2. The summed E-state index contributed by atoms with van der Waals surface area (Å²) in [6, 6.07) is 12.8. The molecule has 32 heavy (non-hydrogen) atoms. The number of carbonyl (C=O) groups is 1. The number of hydrogen-bond donors (Lipinski definition) is 2. The maximum atomic E-state index is 13.0. The number of likely N-dealkylation sites (tertiary alicyclic amines) is 1. The van der Waals surface area contributed by atoms with Crippen LogP contribution in [0.5, 0.6) is 0 Å². The van der Waals surface area contributed by atoms with Crippen LogP contribution in [0.1, 0.15) is 43.4 Å². The maximum absolute atomic E-state index is 13.0. The van der Waals surface area contributed by atoms with Crippen LogP contribution in [0.25, 0.3) is 0 Å². The molecule has 2 aromatic carbocycles. The van der Waals surface area contributed by atoms with Crippen LogP contribution >= 0.6 is 0 Å². The quantitative estimate of drug-likeness (QED) is 0.669. The van der Waals surface area contributed by atoms with Crippen molar-refractivity contribution in [2.75, 3.05) is 43.4 Å². The van der Waals surface area contributed by atoms with Gasteiger partial charge in [-0.3, -0.25) is 9.69 Å². The van der Waals surface area contributed by atoms with E-state index in [1.807, 2.05) is 0 Å². The number of carbonyl (C=O) groups excluding carboxylic acids is 1. The van der Waals surface area contributed by atoms with Gasteiger partial charge in [0, 0.05) is 44.5 Å². The molecule has 8 heteroatoms. The fourth-order valence-corrected chi connectivity index (χ4v) is 5.71. The molecule has 2 aliphatic heterocycles. The van der Waals surface area contributed by atoms with Gasteiger partial charge < -0.3 is 10.2 Å². The topological polar surface area (TPSA) is 81.7 Å². The van der Waals surface area contributed by atoms with Crippen LogP contribution < -0.4 is 14.9 Å². The van der Waals surface area contributed by atoms with Crippen LogP contribution in [-0.4, -0.2) is 52.5 Å². The van der Waals surface area contributed by atoms with E-state index in [1.165, 1.54) is 42.3 Å². The van der Waals surface area contributed by atoms with Gasteiger partial charge in [0.25, 0.3) is 0 Å². The Kier molecular flexibility index (Phi) is 6.83. The molecule has 1 saturated heterocycles. The van der Waals surface area contributed by atoms with Gasteiger partial charge in [-0.05, 0) is 73.8 Å². The zero-order valence-electron chi connectivity index (χ0n) is 18.8. The van der Waals surface area contributed by atoms with E-state index in [0.717, 1.165) is 38.9 Å². The minimum absolute atomic E-state index is 0.0000612. The second-order valence-electron chi connectivity index (χ2n) is 8.73. The summed E-state index contributed by atoms with van der Waals surface area (Å²) in [6.45, 7) is 4.73. The van der Waals surface area contributed by atoms with Gasteiger partial charge >= 0.3 is 0 Å².